The Kier molecular flexibility index (Phi) is 13.1. The summed E-state index contributed by atoms with van der Waals surface area (Å²) in [5, 5.41) is 2.87. The second kappa shape index (κ2) is 17.2. The summed E-state index contributed by atoms with van der Waals surface area (Å²) < 4.78 is 19.0. The molecule has 0 spiro atoms. The third-order valence-corrected chi connectivity index (χ3v) is 8.42. The quantitative estimate of drug-likeness (QED) is 0.207. The first kappa shape index (κ1) is 32.7. The number of esters is 1. The Morgan fingerprint density at radius 3 is 2.40 bits per heavy atom. The number of hydrogen-bond donors (Lipinski definition) is 1. The minimum Gasteiger partial charge on any atom is -0.457 e. The number of carbonyl (C=O) groups excluding carboxylic acids is 2. The molecule has 0 radical (unpaired) electrons. The number of carbonyl (C=O) groups is 2. The van der Waals surface area contributed by atoms with E-state index in [9.17, 15) is 9.59 Å². The average Bonchev–Trinajstić information content (AvgIpc) is 2.98. The van der Waals surface area contributed by atoms with Gasteiger partial charge in [-0.2, -0.15) is 0 Å². The van der Waals surface area contributed by atoms with Crippen LogP contribution in [0, 0.1) is 11.8 Å². The molecule has 1 amide bonds. The minimum absolute atomic E-state index is 0.00678. The predicted octanol–water partition coefficient (Wildman–Crippen LogP) is 8.04. The highest BCUT2D eigenvalue weighted by Crippen LogP contribution is 2.33. The second-order valence-electron chi connectivity index (χ2n) is 12.2. The van der Waals surface area contributed by atoms with Crippen LogP contribution in [0.3, 0.4) is 0 Å². The summed E-state index contributed by atoms with van der Waals surface area (Å²) in [5.74, 6) is 0.0723. The molecule has 6 heteroatoms. The van der Waals surface area contributed by atoms with Crippen molar-refractivity contribution in [3.63, 3.8) is 0 Å². The number of benzene rings is 1. The van der Waals surface area contributed by atoms with Gasteiger partial charge in [0, 0.05) is 24.4 Å². The summed E-state index contributed by atoms with van der Waals surface area (Å²) in [7, 11) is 0. The summed E-state index contributed by atoms with van der Waals surface area (Å²) >= 11 is 0. The Morgan fingerprint density at radius 2 is 1.60 bits per heavy atom. The third-order valence-electron chi connectivity index (χ3n) is 8.42. The molecule has 6 nitrogen and oxygen atoms in total. The molecule has 4 rings (SSSR count). The molecule has 2 fully saturated rings. The molecule has 1 N–H and O–H groups in total. The Balaban J connectivity index is 1.39. The van der Waals surface area contributed by atoms with Crippen LogP contribution in [0.15, 0.2) is 90.6 Å². The lowest BCUT2D eigenvalue weighted by Crippen LogP contribution is -2.37. The maximum absolute atomic E-state index is 13.2. The first-order valence-electron chi connectivity index (χ1n) is 16.1. The molecule has 3 heterocycles. The van der Waals surface area contributed by atoms with Gasteiger partial charge in [-0.3, -0.25) is 9.59 Å². The van der Waals surface area contributed by atoms with Gasteiger partial charge in [0.2, 0.25) is 5.91 Å². The van der Waals surface area contributed by atoms with Gasteiger partial charge < -0.3 is 19.5 Å². The predicted molar refractivity (Wildman–Crippen MR) is 172 cm³/mol. The molecule has 4 bridgehead atoms. The maximum Gasteiger partial charge on any atom is 0.309 e. The van der Waals surface area contributed by atoms with Crippen LogP contribution in [0.2, 0.25) is 0 Å². The van der Waals surface area contributed by atoms with E-state index in [4.69, 9.17) is 14.2 Å². The van der Waals surface area contributed by atoms with Crippen LogP contribution in [-0.2, 0) is 23.8 Å². The zero-order chi connectivity index (χ0) is 30.4. The summed E-state index contributed by atoms with van der Waals surface area (Å²) in [5.41, 5.74) is 2.13. The van der Waals surface area contributed by atoms with Crippen molar-refractivity contribution < 1.29 is 23.8 Å². The topological polar surface area (TPSA) is 73.9 Å². The van der Waals surface area contributed by atoms with Gasteiger partial charge in [-0.25, -0.2) is 0 Å². The van der Waals surface area contributed by atoms with Crippen molar-refractivity contribution >= 4 is 17.6 Å². The number of hydrogen-bond acceptors (Lipinski definition) is 5. The number of fused-ring (bicyclic) bond motifs is 4. The van der Waals surface area contributed by atoms with Crippen LogP contribution >= 0.6 is 0 Å². The number of ether oxygens (including phenoxy) is 3. The Bertz CT molecular complexity index is 1180. The summed E-state index contributed by atoms with van der Waals surface area (Å²) in [4.78, 5) is 25.3. The summed E-state index contributed by atoms with van der Waals surface area (Å²) in [6.07, 6.45) is 25.3. The molecule has 7 unspecified atom stereocenters. The van der Waals surface area contributed by atoms with Gasteiger partial charge >= 0.3 is 5.97 Å². The molecule has 43 heavy (non-hydrogen) atoms. The minimum atomic E-state index is -0.398. The van der Waals surface area contributed by atoms with Crippen molar-refractivity contribution in [2.75, 3.05) is 5.32 Å². The van der Waals surface area contributed by atoms with E-state index in [2.05, 4.69) is 44.3 Å². The van der Waals surface area contributed by atoms with Crippen LogP contribution in [0.25, 0.3) is 0 Å². The number of rotatable bonds is 6. The lowest BCUT2D eigenvalue weighted by molar-refractivity contribution is -0.154. The monoisotopic (exact) mass is 587 g/mol. The van der Waals surface area contributed by atoms with E-state index in [1.165, 1.54) is 12.0 Å². The highest BCUT2D eigenvalue weighted by molar-refractivity contribution is 5.91. The Hall–Kier alpha value is -3.22. The van der Waals surface area contributed by atoms with E-state index in [0.717, 1.165) is 44.2 Å². The molecular formula is C37H49NO5. The number of allylic oxidation sites excluding steroid dienone is 6. The van der Waals surface area contributed by atoms with Gasteiger partial charge in [0.05, 0.1) is 30.8 Å². The van der Waals surface area contributed by atoms with Crippen LogP contribution in [0.1, 0.15) is 78.6 Å². The zero-order valence-corrected chi connectivity index (χ0v) is 26.0. The van der Waals surface area contributed by atoms with Gasteiger partial charge in [-0.05, 0) is 69.6 Å². The van der Waals surface area contributed by atoms with Crippen LogP contribution in [0.5, 0.6) is 0 Å². The van der Waals surface area contributed by atoms with Crippen LogP contribution in [0.4, 0.5) is 5.69 Å². The molecule has 232 valence electrons. The molecule has 0 saturated carbocycles. The van der Waals surface area contributed by atoms with Gasteiger partial charge in [-0.15, -0.1) is 0 Å². The van der Waals surface area contributed by atoms with Gasteiger partial charge in [0.1, 0.15) is 6.10 Å². The first-order chi connectivity index (χ1) is 20.9. The Morgan fingerprint density at radius 1 is 0.884 bits per heavy atom. The van der Waals surface area contributed by atoms with Gasteiger partial charge in [-0.1, -0.05) is 86.2 Å². The smallest absolute Gasteiger partial charge is 0.309 e. The molecule has 0 aromatic heterocycles. The largest absolute Gasteiger partial charge is 0.457 e. The van der Waals surface area contributed by atoms with Crippen LogP contribution < -0.4 is 5.32 Å². The van der Waals surface area contributed by atoms with E-state index in [1.807, 2.05) is 66.8 Å². The number of nitrogens with one attached hydrogen (secondary N) is 1. The number of amides is 1. The van der Waals surface area contributed by atoms with Gasteiger partial charge in [0.15, 0.2) is 0 Å². The van der Waals surface area contributed by atoms with Crippen molar-refractivity contribution in [3.8, 4) is 0 Å². The molecule has 0 aliphatic carbocycles. The standard InChI is InChI=1S/C37H49NO5/c1-4-29-23-33-25-32-17-13-16-31(41-32)22-27(2)20-21-28(3)35(43-37(40)26-34(24-29)42-33)18-11-6-5-7-12-19-36(39)38-30-14-9-8-10-15-30/h4-12,14-15,18,20-21,27-28,31-35H,13,16-17,19,22-26H2,1-3H3,(H,38,39). The van der Waals surface area contributed by atoms with E-state index in [-0.39, 0.29) is 55.1 Å². The number of cyclic esters (lactones) is 1. The van der Waals surface area contributed by atoms with Crippen LogP contribution in [-0.4, -0.2) is 42.4 Å². The second-order valence-corrected chi connectivity index (χ2v) is 12.2. The van der Waals surface area contributed by atoms with Crippen molar-refractivity contribution in [1.29, 1.82) is 0 Å². The fourth-order valence-corrected chi connectivity index (χ4v) is 6.12. The summed E-state index contributed by atoms with van der Waals surface area (Å²) in [6.45, 7) is 6.39. The molecule has 3 aliphatic rings. The average molecular weight is 588 g/mol. The molecular weight excluding hydrogens is 538 g/mol. The lowest BCUT2D eigenvalue weighted by Gasteiger charge is -2.37. The maximum atomic E-state index is 13.2. The SMILES string of the molecule is CC=C1CC2CC(=O)OC(C=CC=CC=CCC(=O)Nc3ccccc3)C(C)C=CC(C)CC3CCCC(CC(C1)O2)O3. The normalized spacial score (nSPS) is 31.9. The number of para-hydroxylation sites is 1. The van der Waals surface area contributed by atoms with Crippen molar-refractivity contribution in [2.45, 2.75) is 109 Å². The van der Waals surface area contributed by atoms with E-state index < -0.39 is 6.10 Å². The van der Waals surface area contributed by atoms with E-state index >= 15 is 0 Å². The summed E-state index contributed by atoms with van der Waals surface area (Å²) in [6, 6.07) is 9.42. The zero-order valence-electron chi connectivity index (χ0n) is 26.0. The molecule has 1 aromatic rings. The van der Waals surface area contributed by atoms with Crippen molar-refractivity contribution in [3.05, 3.63) is 90.6 Å². The first-order valence-corrected chi connectivity index (χ1v) is 16.1. The highest BCUT2D eigenvalue weighted by Gasteiger charge is 2.32. The lowest BCUT2D eigenvalue weighted by atomic mass is 9.90. The Labute approximate surface area is 257 Å². The van der Waals surface area contributed by atoms with Gasteiger partial charge in [0.25, 0.3) is 0 Å². The molecule has 7 atom stereocenters. The number of anilines is 1. The molecule has 3 aliphatic heterocycles. The fourth-order valence-electron chi connectivity index (χ4n) is 6.12. The molecule has 2 saturated heterocycles. The fraction of sp³-hybridized carbons (Fsp3) is 0.514. The van der Waals surface area contributed by atoms with Crippen molar-refractivity contribution in [2.24, 2.45) is 11.8 Å². The van der Waals surface area contributed by atoms with Crippen molar-refractivity contribution in [1.82, 2.24) is 0 Å². The van der Waals surface area contributed by atoms with E-state index in [0.29, 0.717) is 5.92 Å². The third kappa shape index (κ3) is 11.4. The molecule has 1 aromatic carbocycles. The highest BCUT2D eigenvalue weighted by atomic mass is 16.5. The van der Waals surface area contributed by atoms with E-state index in [1.54, 1.807) is 0 Å².